The maximum Gasteiger partial charge on any atom is 0.329 e. The fraction of sp³-hybridized carbons (Fsp3) is 0.105. The lowest BCUT2D eigenvalue weighted by molar-refractivity contribution is 0.306. The molecule has 0 atom stereocenters. The SMILES string of the molecule is Cn1c(=O)[nH]c(=O)c2[nH]c(-c3cccc(OCc4ccccc4)c3)nc21. The third kappa shape index (κ3) is 2.90. The molecule has 0 unspecified atom stereocenters. The average molecular weight is 348 g/mol. The molecule has 0 spiro atoms. The first-order chi connectivity index (χ1) is 12.6. The molecule has 0 bridgehead atoms. The molecule has 26 heavy (non-hydrogen) atoms. The van der Waals surface area contributed by atoms with Gasteiger partial charge in [-0.15, -0.1) is 0 Å². The van der Waals surface area contributed by atoms with Crippen LogP contribution in [0.4, 0.5) is 0 Å². The second kappa shape index (κ2) is 6.36. The minimum Gasteiger partial charge on any atom is -0.489 e. The standard InChI is InChI=1S/C19H16N4O3/c1-23-17-15(18(24)22-19(23)25)20-16(21-17)13-8-5-9-14(10-13)26-11-12-6-3-2-4-7-12/h2-10H,11H2,1H3,(H,20,21)(H,22,24,25). The first kappa shape index (κ1) is 15.9. The summed E-state index contributed by atoms with van der Waals surface area (Å²) in [6, 6.07) is 17.3. The number of fused-ring (bicyclic) bond motifs is 1. The summed E-state index contributed by atoms with van der Waals surface area (Å²) in [7, 11) is 1.56. The molecule has 0 saturated carbocycles. The highest BCUT2D eigenvalue weighted by Crippen LogP contribution is 2.23. The smallest absolute Gasteiger partial charge is 0.329 e. The summed E-state index contributed by atoms with van der Waals surface area (Å²) >= 11 is 0. The van der Waals surface area contributed by atoms with Crippen LogP contribution >= 0.6 is 0 Å². The molecule has 2 heterocycles. The van der Waals surface area contributed by atoms with E-state index < -0.39 is 11.2 Å². The number of hydrogen-bond acceptors (Lipinski definition) is 4. The number of aromatic nitrogens is 4. The summed E-state index contributed by atoms with van der Waals surface area (Å²) in [6.45, 7) is 0.457. The van der Waals surface area contributed by atoms with Gasteiger partial charge in [0.1, 0.15) is 23.7 Å². The highest BCUT2D eigenvalue weighted by molar-refractivity contribution is 5.75. The molecule has 4 rings (SSSR count). The highest BCUT2D eigenvalue weighted by atomic mass is 16.5. The predicted molar refractivity (Wildman–Crippen MR) is 98.2 cm³/mol. The number of imidazole rings is 1. The number of benzene rings is 2. The van der Waals surface area contributed by atoms with Crippen LogP contribution in [0.1, 0.15) is 5.56 Å². The van der Waals surface area contributed by atoms with Crippen molar-refractivity contribution in [3.63, 3.8) is 0 Å². The predicted octanol–water partition coefficient (Wildman–Crippen LogP) is 2.20. The number of nitrogens with zero attached hydrogens (tertiary/aromatic N) is 2. The van der Waals surface area contributed by atoms with Gasteiger partial charge in [0, 0.05) is 12.6 Å². The van der Waals surface area contributed by atoms with Crippen molar-refractivity contribution in [2.24, 2.45) is 7.05 Å². The van der Waals surface area contributed by atoms with Crippen LogP contribution < -0.4 is 16.0 Å². The summed E-state index contributed by atoms with van der Waals surface area (Å²) in [4.78, 5) is 33.3. The lowest BCUT2D eigenvalue weighted by Gasteiger charge is -2.07. The normalized spacial score (nSPS) is 11.0. The Morgan fingerprint density at radius 2 is 1.85 bits per heavy atom. The molecule has 0 aliphatic carbocycles. The topological polar surface area (TPSA) is 92.8 Å². The molecule has 0 saturated heterocycles. The van der Waals surface area contributed by atoms with Crippen LogP contribution in [-0.2, 0) is 13.7 Å². The summed E-state index contributed by atoms with van der Waals surface area (Å²) in [6.07, 6.45) is 0. The molecule has 2 aromatic heterocycles. The number of aryl methyl sites for hydroxylation is 1. The van der Waals surface area contributed by atoms with Gasteiger partial charge in [-0.3, -0.25) is 14.3 Å². The van der Waals surface area contributed by atoms with Gasteiger partial charge in [-0.05, 0) is 17.7 Å². The average Bonchev–Trinajstić information content (AvgIpc) is 3.12. The number of hydrogen-bond donors (Lipinski definition) is 2. The summed E-state index contributed by atoms with van der Waals surface area (Å²) in [5.74, 6) is 1.19. The number of H-pyrrole nitrogens is 2. The molecule has 0 aliphatic heterocycles. The van der Waals surface area contributed by atoms with Gasteiger partial charge in [0.2, 0.25) is 0 Å². The van der Waals surface area contributed by atoms with Gasteiger partial charge < -0.3 is 9.72 Å². The second-order valence-corrected chi connectivity index (χ2v) is 5.90. The van der Waals surface area contributed by atoms with Gasteiger partial charge in [0.05, 0.1) is 0 Å². The van der Waals surface area contributed by atoms with Crippen molar-refractivity contribution in [2.45, 2.75) is 6.61 Å². The lowest BCUT2D eigenvalue weighted by atomic mass is 10.2. The molecular weight excluding hydrogens is 332 g/mol. The second-order valence-electron chi connectivity index (χ2n) is 5.90. The van der Waals surface area contributed by atoms with E-state index in [1.54, 1.807) is 7.05 Å². The Morgan fingerprint density at radius 3 is 2.65 bits per heavy atom. The maximum atomic E-state index is 12.0. The molecule has 2 N–H and O–H groups in total. The lowest BCUT2D eigenvalue weighted by Crippen LogP contribution is -2.28. The van der Waals surface area contributed by atoms with Crippen molar-refractivity contribution in [3.8, 4) is 17.1 Å². The van der Waals surface area contributed by atoms with Gasteiger partial charge in [-0.25, -0.2) is 9.78 Å². The molecule has 7 nitrogen and oxygen atoms in total. The van der Waals surface area contributed by atoms with Crippen LogP contribution in [0.15, 0.2) is 64.2 Å². The third-order valence-electron chi connectivity index (χ3n) is 4.11. The van der Waals surface area contributed by atoms with Crippen molar-refractivity contribution < 1.29 is 4.74 Å². The molecule has 130 valence electrons. The van der Waals surface area contributed by atoms with Crippen LogP contribution in [-0.4, -0.2) is 19.5 Å². The van der Waals surface area contributed by atoms with E-state index in [-0.39, 0.29) is 5.52 Å². The van der Waals surface area contributed by atoms with E-state index in [0.29, 0.717) is 23.8 Å². The minimum atomic E-state index is -0.500. The van der Waals surface area contributed by atoms with Crippen molar-refractivity contribution in [1.29, 1.82) is 0 Å². The third-order valence-corrected chi connectivity index (χ3v) is 4.11. The largest absolute Gasteiger partial charge is 0.489 e. The van der Waals surface area contributed by atoms with Crippen molar-refractivity contribution in [3.05, 3.63) is 81.0 Å². The molecule has 2 aromatic carbocycles. The molecule has 0 fully saturated rings. The molecule has 0 aliphatic rings. The van der Waals surface area contributed by atoms with Crippen molar-refractivity contribution >= 4 is 11.2 Å². The van der Waals surface area contributed by atoms with Crippen LogP contribution in [0.2, 0.25) is 0 Å². The fourth-order valence-electron chi connectivity index (χ4n) is 2.72. The van der Waals surface area contributed by atoms with E-state index in [0.717, 1.165) is 11.1 Å². The first-order valence-electron chi connectivity index (χ1n) is 8.08. The highest BCUT2D eigenvalue weighted by Gasteiger charge is 2.12. The number of nitrogens with one attached hydrogen (secondary N) is 2. The van der Waals surface area contributed by atoms with Crippen LogP contribution in [0.5, 0.6) is 5.75 Å². The van der Waals surface area contributed by atoms with Crippen molar-refractivity contribution in [1.82, 2.24) is 19.5 Å². The Hall–Kier alpha value is -3.61. The van der Waals surface area contributed by atoms with E-state index in [1.165, 1.54) is 4.57 Å². The van der Waals surface area contributed by atoms with E-state index in [9.17, 15) is 9.59 Å². The van der Waals surface area contributed by atoms with Gasteiger partial charge >= 0.3 is 5.69 Å². The molecule has 0 radical (unpaired) electrons. The zero-order valence-electron chi connectivity index (χ0n) is 14.0. The maximum absolute atomic E-state index is 12.0. The number of aromatic amines is 2. The van der Waals surface area contributed by atoms with Gasteiger partial charge in [-0.2, -0.15) is 0 Å². The molecule has 4 aromatic rings. The Morgan fingerprint density at radius 1 is 1.04 bits per heavy atom. The first-order valence-corrected chi connectivity index (χ1v) is 8.08. The molecular formula is C19H16N4O3. The van der Waals surface area contributed by atoms with E-state index >= 15 is 0 Å². The number of rotatable bonds is 4. The zero-order chi connectivity index (χ0) is 18.1. The molecule has 0 amide bonds. The van der Waals surface area contributed by atoms with E-state index in [1.807, 2.05) is 54.6 Å². The van der Waals surface area contributed by atoms with Crippen molar-refractivity contribution in [2.75, 3.05) is 0 Å². The Kier molecular flexibility index (Phi) is 3.89. The Bertz CT molecular complexity index is 1190. The summed E-state index contributed by atoms with van der Waals surface area (Å²) in [5, 5.41) is 0. The van der Waals surface area contributed by atoms with Crippen LogP contribution in [0.3, 0.4) is 0 Å². The quantitative estimate of drug-likeness (QED) is 0.591. The summed E-state index contributed by atoms with van der Waals surface area (Å²) in [5.41, 5.74) is 1.42. The Balaban J connectivity index is 1.67. The van der Waals surface area contributed by atoms with Crippen LogP contribution in [0, 0.1) is 0 Å². The van der Waals surface area contributed by atoms with E-state index in [4.69, 9.17) is 4.74 Å². The zero-order valence-corrected chi connectivity index (χ0v) is 14.0. The minimum absolute atomic E-state index is 0.262. The van der Waals surface area contributed by atoms with Gasteiger partial charge in [0.25, 0.3) is 5.56 Å². The Labute approximate surface area is 147 Å². The summed E-state index contributed by atoms with van der Waals surface area (Å²) < 4.78 is 7.13. The fourth-order valence-corrected chi connectivity index (χ4v) is 2.72. The van der Waals surface area contributed by atoms with Gasteiger partial charge in [-0.1, -0.05) is 42.5 Å². The number of ether oxygens (including phenoxy) is 1. The van der Waals surface area contributed by atoms with E-state index in [2.05, 4.69) is 15.0 Å². The molecule has 7 heteroatoms. The van der Waals surface area contributed by atoms with Crippen LogP contribution in [0.25, 0.3) is 22.6 Å². The monoisotopic (exact) mass is 348 g/mol. The van der Waals surface area contributed by atoms with Gasteiger partial charge in [0.15, 0.2) is 5.65 Å².